The third kappa shape index (κ3) is 4.87. The lowest BCUT2D eigenvalue weighted by atomic mass is 9.94. The molecule has 0 saturated heterocycles. The van der Waals surface area contributed by atoms with Crippen molar-refractivity contribution < 1.29 is 9.53 Å². The maximum Gasteiger partial charge on any atom is 0.303 e. The Kier molecular flexibility index (Phi) is 6.28. The Bertz CT molecular complexity index is 429. The number of benzene rings is 1. The van der Waals surface area contributed by atoms with Gasteiger partial charge in [-0.15, -0.1) is 0 Å². The molecule has 1 aromatic carbocycles. The van der Waals surface area contributed by atoms with E-state index < -0.39 is 0 Å². The molecule has 1 atom stereocenters. The molecule has 2 nitrogen and oxygen atoms in total. The quantitative estimate of drug-likeness (QED) is 0.487. The molecular formula is C19H28O2. The van der Waals surface area contributed by atoms with Gasteiger partial charge in [0.1, 0.15) is 6.10 Å². The number of rotatable bonds is 7. The van der Waals surface area contributed by atoms with Crippen LogP contribution >= 0.6 is 0 Å². The summed E-state index contributed by atoms with van der Waals surface area (Å²) in [5.41, 5.74) is 2.59. The molecular weight excluding hydrogens is 260 g/mol. The zero-order valence-corrected chi connectivity index (χ0v) is 13.4. The van der Waals surface area contributed by atoms with Crippen LogP contribution in [0.1, 0.15) is 88.4 Å². The molecule has 0 spiro atoms. The summed E-state index contributed by atoms with van der Waals surface area (Å²) in [5, 5.41) is 0. The summed E-state index contributed by atoms with van der Waals surface area (Å²) in [5.74, 6) is 0.558. The molecule has 0 amide bonds. The van der Waals surface area contributed by atoms with E-state index in [2.05, 4.69) is 31.2 Å². The lowest BCUT2D eigenvalue weighted by Gasteiger charge is -2.18. The normalized spacial score (nSPS) is 16.9. The van der Waals surface area contributed by atoms with Crippen molar-refractivity contribution in [2.75, 3.05) is 0 Å². The van der Waals surface area contributed by atoms with E-state index >= 15 is 0 Å². The number of unbranched alkanes of at least 4 members (excludes halogenated alkanes) is 2. The molecule has 0 aliphatic heterocycles. The van der Waals surface area contributed by atoms with Gasteiger partial charge in [-0.25, -0.2) is 0 Å². The molecule has 1 fully saturated rings. The highest BCUT2D eigenvalue weighted by Gasteiger charge is 2.18. The van der Waals surface area contributed by atoms with Gasteiger partial charge < -0.3 is 4.74 Å². The lowest BCUT2D eigenvalue weighted by Crippen LogP contribution is -2.09. The Hall–Kier alpha value is -1.31. The monoisotopic (exact) mass is 288 g/mol. The fourth-order valence-electron chi connectivity index (χ4n) is 3.32. The van der Waals surface area contributed by atoms with Crippen LogP contribution in [0.3, 0.4) is 0 Å². The van der Waals surface area contributed by atoms with Crippen molar-refractivity contribution in [1.82, 2.24) is 0 Å². The highest BCUT2D eigenvalue weighted by atomic mass is 16.5. The third-order valence-electron chi connectivity index (χ3n) is 4.51. The maximum absolute atomic E-state index is 11.3. The molecule has 1 aliphatic rings. The maximum atomic E-state index is 11.3. The molecule has 0 bridgehead atoms. The van der Waals surface area contributed by atoms with E-state index in [-0.39, 0.29) is 12.1 Å². The van der Waals surface area contributed by atoms with E-state index in [1.54, 1.807) is 0 Å². The van der Waals surface area contributed by atoms with Crippen LogP contribution in [0.25, 0.3) is 0 Å². The molecule has 0 aromatic heterocycles. The van der Waals surface area contributed by atoms with E-state index in [4.69, 9.17) is 4.74 Å². The largest absolute Gasteiger partial charge is 0.458 e. The van der Waals surface area contributed by atoms with Gasteiger partial charge in [-0.2, -0.15) is 0 Å². The zero-order chi connectivity index (χ0) is 15.1. The SMILES string of the molecule is CCCCCC(OC(C)=O)c1ccc(C2CCCC2)cc1. The van der Waals surface area contributed by atoms with Crippen LogP contribution in [0.4, 0.5) is 0 Å². The molecule has 0 radical (unpaired) electrons. The highest BCUT2D eigenvalue weighted by Crippen LogP contribution is 2.35. The first-order valence-corrected chi connectivity index (χ1v) is 8.47. The minimum absolute atomic E-state index is 0.0771. The number of carbonyl (C=O) groups excluding carboxylic acids is 1. The second-order valence-corrected chi connectivity index (χ2v) is 6.24. The summed E-state index contributed by atoms with van der Waals surface area (Å²) >= 11 is 0. The van der Waals surface area contributed by atoms with E-state index in [9.17, 15) is 4.79 Å². The first-order valence-electron chi connectivity index (χ1n) is 8.47. The minimum Gasteiger partial charge on any atom is -0.458 e. The zero-order valence-electron chi connectivity index (χ0n) is 13.4. The van der Waals surface area contributed by atoms with Gasteiger partial charge in [0.2, 0.25) is 0 Å². The Balaban J connectivity index is 2.02. The van der Waals surface area contributed by atoms with Gasteiger partial charge in [0, 0.05) is 6.92 Å². The van der Waals surface area contributed by atoms with Crippen molar-refractivity contribution >= 4 is 5.97 Å². The molecule has 1 unspecified atom stereocenters. The van der Waals surface area contributed by atoms with Crippen molar-refractivity contribution in [2.45, 2.75) is 77.2 Å². The summed E-state index contributed by atoms with van der Waals surface area (Å²) < 4.78 is 5.51. The molecule has 2 rings (SSSR count). The summed E-state index contributed by atoms with van der Waals surface area (Å²) in [6, 6.07) is 8.80. The topological polar surface area (TPSA) is 26.3 Å². The Morgan fingerprint density at radius 3 is 2.43 bits per heavy atom. The van der Waals surface area contributed by atoms with Gasteiger partial charge >= 0.3 is 5.97 Å². The van der Waals surface area contributed by atoms with Gasteiger partial charge in [-0.1, -0.05) is 56.9 Å². The summed E-state index contributed by atoms with van der Waals surface area (Å²) in [6.07, 6.45) is 9.71. The van der Waals surface area contributed by atoms with Gasteiger partial charge in [0.15, 0.2) is 0 Å². The molecule has 1 saturated carbocycles. The van der Waals surface area contributed by atoms with Crippen LogP contribution in [0.5, 0.6) is 0 Å². The van der Waals surface area contributed by atoms with Crippen LogP contribution in [0, 0.1) is 0 Å². The molecule has 116 valence electrons. The van der Waals surface area contributed by atoms with Crippen LogP contribution in [-0.4, -0.2) is 5.97 Å². The van der Waals surface area contributed by atoms with E-state index in [0.717, 1.165) is 24.3 Å². The number of hydrogen-bond donors (Lipinski definition) is 0. The Morgan fingerprint density at radius 2 is 1.86 bits per heavy atom. The van der Waals surface area contributed by atoms with Crippen LogP contribution in [0.2, 0.25) is 0 Å². The number of esters is 1. The van der Waals surface area contributed by atoms with Crippen LogP contribution in [-0.2, 0) is 9.53 Å². The molecule has 1 aliphatic carbocycles. The summed E-state index contributed by atoms with van der Waals surface area (Å²) in [7, 11) is 0. The lowest BCUT2D eigenvalue weighted by molar-refractivity contribution is -0.147. The van der Waals surface area contributed by atoms with Gasteiger partial charge in [-0.05, 0) is 42.7 Å². The van der Waals surface area contributed by atoms with Crippen molar-refractivity contribution in [3.63, 3.8) is 0 Å². The summed E-state index contributed by atoms with van der Waals surface area (Å²) in [6.45, 7) is 3.69. The molecule has 0 heterocycles. The fourth-order valence-corrected chi connectivity index (χ4v) is 3.32. The van der Waals surface area contributed by atoms with Gasteiger partial charge in [0.05, 0.1) is 0 Å². The minimum atomic E-state index is -0.184. The van der Waals surface area contributed by atoms with Crippen LogP contribution in [0.15, 0.2) is 24.3 Å². The third-order valence-corrected chi connectivity index (χ3v) is 4.51. The van der Waals surface area contributed by atoms with E-state index in [1.165, 1.54) is 51.0 Å². The van der Waals surface area contributed by atoms with E-state index in [0.29, 0.717) is 0 Å². The molecule has 21 heavy (non-hydrogen) atoms. The molecule has 2 heteroatoms. The Morgan fingerprint density at radius 1 is 1.19 bits per heavy atom. The Labute approximate surface area is 128 Å². The van der Waals surface area contributed by atoms with Crippen LogP contribution < -0.4 is 0 Å². The first-order chi connectivity index (χ1) is 10.2. The second-order valence-electron chi connectivity index (χ2n) is 6.24. The van der Waals surface area contributed by atoms with Crippen molar-refractivity contribution in [2.24, 2.45) is 0 Å². The number of ether oxygens (including phenoxy) is 1. The standard InChI is InChI=1S/C19H28O2/c1-3-4-5-10-19(21-15(2)20)18-13-11-17(12-14-18)16-8-6-7-9-16/h11-14,16,19H,3-10H2,1-2H3. The summed E-state index contributed by atoms with van der Waals surface area (Å²) in [4.78, 5) is 11.3. The fraction of sp³-hybridized carbons (Fsp3) is 0.632. The van der Waals surface area contributed by atoms with Gasteiger partial charge in [-0.3, -0.25) is 4.79 Å². The van der Waals surface area contributed by atoms with Crippen molar-refractivity contribution in [3.8, 4) is 0 Å². The molecule has 1 aromatic rings. The molecule has 0 N–H and O–H groups in total. The predicted molar refractivity (Wildman–Crippen MR) is 86.3 cm³/mol. The predicted octanol–water partition coefficient (Wildman–Crippen LogP) is 5.53. The van der Waals surface area contributed by atoms with Crippen molar-refractivity contribution in [3.05, 3.63) is 35.4 Å². The van der Waals surface area contributed by atoms with Gasteiger partial charge in [0.25, 0.3) is 0 Å². The first kappa shape index (κ1) is 16.1. The average Bonchev–Trinajstić information content (AvgIpc) is 3.00. The van der Waals surface area contributed by atoms with Crippen molar-refractivity contribution in [1.29, 1.82) is 0 Å². The number of hydrogen-bond acceptors (Lipinski definition) is 2. The number of carbonyl (C=O) groups is 1. The smallest absolute Gasteiger partial charge is 0.303 e. The van der Waals surface area contributed by atoms with E-state index in [1.807, 2.05) is 0 Å². The highest BCUT2D eigenvalue weighted by molar-refractivity contribution is 5.66. The second kappa shape index (κ2) is 8.21. The average molecular weight is 288 g/mol.